The highest BCUT2D eigenvalue weighted by Crippen LogP contribution is 2.37. The molecule has 0 aromatic heterocycles. The molecule has 19 heavy (non-hydrogen) atoms. The van der Waals surface area contributed by atoms with Crippen LogP contribution in [-0.2, 0) is 11.2 Å². The first-order valence-corrected chi connectivity index (χ1v) is 7.21. The summed E-state index contributed by atoms with van der Waals surface area (Å²) < 4.78 is 0. The molecule has 1 unspecified atom stereocenters. The third-order valence-corrected chi connectivity index (χ3v) is 4.70. The minimum atomic E-state index is 0.00241. The lowest BCUT2D eigenvalue weighted by atomic mass is 10.1. The Labute approximate surface area is 117 Å². The molecule has 1 amide bonds. The lowest BCUT2D eigenvalue weighted by Gasteiger charge is -2.20. The number of carbonyl (C=O) groups excluding carboxylic acids is 1. The lowest BCUT2D eigenvalue weighted by Crippen LogP contribution is -2.34. The Balaban J connectivity index is 1.77. The van der Waals surface area contributed by atoms with Crippen LogP contribution in [0.2, 0.25) is 0 Å². The standard InChI is InChI=1S/C16H15NOS/c1-17(13-8-3-2-4-9-13)16(18)15-11-12-7-5-6-10-14(12)19-15/h2-10,15H,11H2,1H3. The summed E-state index contributed by atoms with van der Waals surface area (Å²) >= 11 is 1.68. The summed E-state index contributed by atoms with van der Waals surface area (Å²) in [5.41, 5.74) is 2.23. The van der Waals surface area contributed by atoms with Crippen LogP contribution in [0.15, 0.2) is 59.5 Å². The van der Waals surface area contributed by atoms with E-state index in [1.165, 1.54) is 10.5 Å². The molecule has 2 aromatic rings. The monoisotopic (exact) mass is 269 g/mol. The number of nitrogens with zero attached hydrogens (tertiary/aromatic N) is 1. The fourth-order valence-corrected chi connectivity index (χ4v) is 3.60. The van der Waals surface area contributed by atoms with E-state index in [-0.39, 0.29) is 11.2 Å². The minimum Gasteiger partial charge on any atom is -0.315 e. The zero-order chi connectivity index (χ0) is 13.2. The Bertz CT molecular complexity index is 572. The number of anilines is 1. The van der Waals surface area contributed by atoms with Gasteiger partial charge in [0.05, 0.1) is 5.25 Å². The molecule has 96 valence electrons. The van der Waals surface area contributed by atoms with Crippen LogP contribution >= 0.6 is 11.8 Å². The molecule has 0 bridgehead atoms. The third kappa shape index (κ3) is 2.38. The minimum absolute atomic E-state index is 0.00241. The van der Waals surface area contributed by atoms with Crippen LogP contribution in [0, 0.1) is 0 Å². The predicted octanol–water partition coefficient (Wildman–Crippen LogP) is 3.37. The van der Waals surface area contributed by atoms with Gasteiger partial charge < -0.3 is 4.90 Å². The molecule has 0 aliphatic carbocycles. The van der Waals surface area contributed by atoms with E-state index in [9.17, 15) is 4.79 Å². The van der Waals surface area contributed by atoms with Crippen molar-refractivity contribution in [3.8, 4) is 0 Å². The van der Waals surface area contributed by atoms with Crippen LogP contribution in [0.3, 0.4) is 0 Å². The van der Waals surface area contributed by atoms with Gasteiger partial charge in [0, 0.05) is 17.6 Å². The number of amides is 1. The van der Waals surface area contributed by atoms with Gasteiger partial charge in [-0.05, 0) is 30.2 Å². The van der Waals surface area contributed by atoms with Gasteiger partial charge >= 0.3 is 0 Å². The number of hydrogen-bond donors (Lipinski definition) is 0. The van der Waals surface area contributed by atoms with Gasteiger partial charge in [-0.15, -0.1) is 11.8 Å². The molecule has 3 heteroatoms. The van der Waals surface area contributed by atoms with E-state index >= 15 is 0 Å². The fraction of sp³-hybridized carbons (Fsp3) is 0.188. The first-order chi connectivity index (χ1) is 9.25. The highest BCUT2D eigenvalue weighted by molar-refractivity contribution is 8.01. The Morgan fingerprint density at radius 2 is 1.79 bits per heavy atom. The second-order valence-electron chi connectivity index (χ2n) is 4.65. The SMILES string of the molecule is CN(C(=O)C1Cc2ccccc2S1)c1ccccc1. The maximum absolute atomic E-state index is 12.5. The number of carbonyl (C=O) groups is 1. The van der Waals surface area contributed by atoms with Crippen molar-refractivity contribution in [2.75, 3.05) is 11.9 Å². The second kappa shape index (κ2) is 5.10. The smallest absolute Gasteiger partial charge is 0.240 e. The predicted molar refractivity (Wildman–Crippen MR) is 79.6 cm³/mol. The molecular formula is C16H15NOS. The van der Waals surface area contributed by atoms with Crippen LogP contribution in [0.4, 0.5) is 5.69 Å². The zero-order valence-corrected chi connectivity index (χ0v) is 11.6. The summed E-state index contributed by atoms with van der Waals surface area (Å²) in [6, 6.07) is 18.1. The van der Waals surface area contributed by atoms with Crippen molar-refractivity contribution in [1.29, 1.82) is 0 Å². The van der Waals surface area contributed by atoms with Crippen LogP contribution in [-0.4, -0.2) is 18.2 Å². The first kappa shape index (κ1) is 12.3. The molecule has 2 aromatic carbocycles. The summed E-state index contributed by atoms with van der Waals surface area (Å²) in [7, 11) is 1.85. The van der Waals surface area contributed by atoms with E-state index in [4.69, 9.17) is 0 Å². The fourth-order valence-electron chi connectivity index (χ4n) is 2.31. The van der Waals surface area contributed by atoms with Gasteiger partial charge in [-0.2, -0.15) is 0 Å². The van der Waals surface area contributed by atoms with Crippen molar-refractivity contribution in [1.82, 2.24) is 0 Å². The molecule has 3 rings (SSSR count). The maximum atomic E-state index is 12.5. The van der Waals surface area contributed by atoms with Crippen LogP contribution < -0.4 is 4.90 Å². The van der Waals surface area contributed by atoms with E-state index in [0.29, 0.717) is 0 Å². The van der Waals surface area contributed by atoms with Gasteiger partial charge in [-0.1, -0.05) is 36.4 Å². The molecule has 0 N–H and O–H groups in total. The highest BCUT2D eigenvalue weighted by Gasteiger charge is 2.30. The Morgan fingerprint density at radius 1 is 1.11 bits per heavy atom. The molecule has 0 radical (unpaired) electrons. The molecule has 1 atom stereocenters. The van der Waals surface area contributed by atoms with Crippen LogP contribution in [0.5, 0.6) is 0 Å². The van der Waals surface area contributed by atoms with E-state index in [1.54, 1.807) is 16.7 Å². The van der Waals surface area contributed by atoms with Gasteiger partial charge in [-0.3, -0.25) is 4.79 Å². The Kier molecular flexibility index (Phi) is 3.30. The molecular weight excluding hydrogens is 254 g/mol. The van der Waals surface area contributed by atoms with Gasteiger partial charge in [0.2, 0.25) is 5.91 Å². The average molecular weight is 269 g/mol. The molecule has 0 saturated carbocycles. The summed E-state index contributed by atoms with van der Waals surface area (Å²) in [6.45, 7) is 0. The Hall–Kier alpha value is -1.74. The van der Waals surface area contributed by atoms with Gasteiger partial charge in [0.15, 0.2) is 0 Å². The van der Waals surface area contributed by atoms with Crippen molar-refractivity contribution in [3.63, 3.8) is 0 Å². The molecule has 1 heterocycles. The highest BCUT2D eigenvalue weighted by atomic mass is 32.2. The Morgan fingerprint density at radius 3 is 2.53 bits per heavy atom. The van der Waals surface area contributed by atoms with E-state index in [2.05, 4.69) is 12.1 Å². The largest absolute Gasteiger partial charge is 0.315 e. The lowest BCUT2D eigenvalue weighted by molar-refractivity contribution is -0.117. The van der Waals surface area contributed by atoms with Crippen molar-refractivity contribution in [3.05, 3.63) is 60.2 Å². The average Bonchev–Trinajstić information content (AvgIpc) is 2.90. The van der Waals surface area contributed by atoms with Gasteiger partial charge in [0.25, 0.3) is 0 Å². The van der Waals surface area contributed by atoms with E-state index in [1.807, 2.05) is 49.5 Å². The summed E-state index contributed by atoms with van der Waals surface area (Å²) in [5, 5.41) is 0.00241. The zero-order valence-electron chi connectivity index (χ0n) is 10.7. The molecule has 0 saturated heterocycles. The van der Waals surface area contributed by atoms with Crippen molar-refractivity contribution < 1.29 is 4.79 Å². The van der Waals surface area contributed by atoms with E-state index < -0.39 is 0 Å². The molecule has 1 aliphatic heterocycles. The van der Waals surface area contributed by atoms with E-state index in [0.717, 1.165) is 12.1 Å². The molecule has 2 nitrogen and oxygen atoms in total. The van der Waals surface area contributed by atoms with Crippen molar-refractivity contribution in [2.45, 2.75) is 16.6 Å². The normalized spacial score (nSPS) is 17.0. The van der Waals surface area contributed by atoms with Crippen molar-refractivity contribution >= 4 is 23.4 Å². The van der Waals surface area contributed by atoms with Crippen molar-refractivity contribution in [2.24, 2.45) is 0 Å². The number of hydrogen-bond acceptors (Lipinski definition) is 2. The summed E-state index contributed by atoms with van der Waals surface area (Å²) in [4.78, 5) is 15.5. The van der Waals surface area contributed by atoms with Gasteiger partial charge in [0.1, 0.15) is 0 Å². The number of para-hydroxylation sites is 1. The maximum Gasteiger partial charge on any atom is 0.240 e. The number of benzene rings is 2. The molecule has 0 fully saturated rings. The molecule has 1 aliphatic rings. The third-order valence-electron chi connectivity index (χ3n) is 3.40. The number of rotatable bonds is 2. The summed E-state index contributed by atoms with van der Waals surface area (Å²) in [6.07, 6.45) is 0.830. The van der Waals surface area contributed by atoms with Crippen LogP contribution in [0.25, 0.3) is 0 Å². The second-order valence-corrected chi connectivity index (χ2v) is 5.90. The van der Waals surface area contributed by atoms with Gasteiger partial charge in [-0.25, -0.2) is 0 Å². The number of thioether (sulfide) groups is 1. The topological polar surface area (TPSA) is 20.3 Å². The molecule has 0 spiro atoms. The first-order valence-electron chi connectivity index (χ1n) is 6.33. The number of fused-ring (bicyclic) bond motifs is 1. The van der Waals surface area contributed by atoms with Crippen LogP contribution in [0.1, 0.15) is 5.56 Å². The summed E-state index contributed by atoms with van der Waals surface area (Å²) in [5.74, 6) is 0.174. The quantitative estimate of drug-likeness (QED) is 0.833.